The average Bonchev–Trinajstić information content (AvgIpc) is 2.73. The van der Waals surface area contributed by atoms with E-state index in [4.69, 9.17) is 16.6 Å². The molecule has 1 aromatic carbocycles. The van der Waals surface area contributed by atoms with E-state index < -0.39 is 54.6 Å². The summed E-state index contributed by atoms with van der Waals surface area (Å²) >= 11 is 0. The average molecular weight is 433 g/mol. The molecule has 1 aliphatic rings. The van der Waals surface area contributed by atoms with Crippen molar-refractivity contribution in [3.05, 3.63) is 35.4 Å². The number of amides is 4. The molecule has 1 aromatic rings. The van der Waals surface area contributed by atoms with E-state index in [2.05, 4.69) is 5.32 Å². The van der Waals surface area contributed by atoms with Gasteiger partial charge in [0.15, 0.2) is 0 Å². The highest BCUT2D eigenvalue weighted by molar-refractivity contribution is 5.98. The molecule has 4 amide bonds. The summed E-state index contributed by atoms with van der Waals surface area (Å²) in [6, 6.07) is 5.56. The molecule has 2 rings (SSSR count). The maximum atomic E-state index is 12.7. The minimum absolute atomic E-state index is 0.00456. The Bertz CT molecular complexity index is 856. The number of carboxylic acids is 1. The van der Waals surface area contributed by atoms with Gasteiger partial charge in [0, 0.05) is 18.7 Å². The molecule has 11 nitrogen and oxygen atoms in total. The number of nitrogens with one attached hydrogen (secondary N) is 1. The largest absolute Gasteiger partial charge is 0.480 e. The second-order valence-electron chi connectivity index (χ2n) is 7.29. The van der Waals surface area contributed by atoms with Crippen molar-refractivity contribution < 1.29 is 29.1 Å². The van der Waals surface area contributed by atoms with Gasteiger partial charge in [0.1, 0.15) is 12.6 Å². The number of hydrogen-bond acceptors (Lipinski definition) is 6. The van der Waals surface area contributed by atoms with Crippen LogP contribution >= 0.6 is 0 Å². The van der Waals surface area contributed by atoms with Gasteiger partial charge in [0.2, 0.25) is 17.7 Å². The molecule has 0 bridgehead atoms. The quantitative estimate of drug-likeness (QED) is 0.354. The van der Waals surface area contributed by atoms with Gasteiger partial charge < -0.3 is 31.7 Å². The van der Waals surface area contributed by atoms with Crippen molar-refractivity contribution in [2.24, 2.45) is 17.4 Å². The van der Waals surface area contributed by atoms with E-state index in [1.807, 2.05) is 0 Å². The molecule has 0 saturated carbocycles. The van der Waals surface area contributed by atoms with Gasteiger partial charge in [-0.3, -0.25) is 24.0 Å². The Hall–Kier alpha value is -3.47. The van der Waals surface area contributed by atoms with Gasteiger partial charge in [-0.15, -0.1) is 0 Å². The summed E-state index contributed by atoms with van der Waals surface area (Å²) in [5.41, 5.74) is 12.2. The normalized spacial score (nSPS) is 17.2. The first kappa shape index (κ1) is 23.8. The van der Waals surface area contributed by atoms with E-state index in [0.29, 0.717) is 18.5 Å². The Morgan fingerprint density at radius 2 is 1.84 bits per heavy atom. The van der Waals surface area contributed by atoms with E-state index in [1.54, 1.807) is 24.3 Å². The summed E-state index contributed by atoms with van der Waals surface area (Å²) in [5.74, 6) is -4.75. The van der Waals surface area contributed by atoms with Crippen LogP contribution in [0, 0.1) is 5.92 Å². The molecule has 1 heterocycles. The van der Waals surface area contributed by atoms with Gasteiger partial charge in [0.25, 0.3) is 5.91 Å². The van der Waals surface area contributed by atoms with Crippen molar-refractivity contribution in [1.82, 2.24) is 15.1 Å². The van der Waals surface area contributed by atoms with E-state index in [9.17, 15) is 24.0 Å². The smallest absolute Gasteiger partial charge is 0.323 e. The number of nitrogens with zero attached hydrogens (tertiary/aromatic N) is 2. The van der Waals surface area contributed by atoms with Crippen molar-refractivity contribution in [1.29, 1.82) is 0 Å². The number of carbonyl (C=O) groups is 5. The van der Waals surface area contributed by atoms with Crippen LogP contribution in [0.4, 0.5) is 0 Å². The number of nitrogens with two attached hydrogens (primary N) is 2. The van der Waals surface area contributed by atoms with Crippen LogP contribution in [0.15, 0.2) is 24.3 Å². The number of aliphatic carboxylic acids is 1. The van der Waals surface area contributed by atoms with Gasteiger partial charge in [-0.05, 0) is 30.7 Å². The first-order chi connectivity index (χ1) is 14.6. The molecule has 2 atom stereocenters. The highest BCUT2D eigenvalue weighted by Gasteiger charge is 2.42. The highest BCUT2D eigenvalue weighted by atomic mass is 16.4. The van der Waals surface area contributed by atoms with Crippen molar-refractivity contribution in [2.45, 2.75) is 19.4 Å². The van der Waals surface area contributed by atoms with E-state index in [1.165, 1.54) is 11.8 Å². The van der Waals surface area contributed by atoms with Gasteiger partial charge >= 0.3 is 5.97 Å². The topological polar surface area (TPSA) is 176 Å². The summed E-state index contributed by atoms with van der Waals surface area (Å²) in [7, 11) is 0. The first-order valence-electron chi connectivity index (χ1n) is 9.82. The van der Waals surface area contributed by atoms with Crippen molar-refractivity contribution in [3.63, 3.8) is 0 Å². The minimum Gasteiger partial charge on any atom is -0.480 e. The summed E-state index contributed by atoms with van der Waals surface area (Å²) < 4.78 is 0. The fourth-order valence-corrected chi connectivity index (χ4v) is 3.39. The Labute approximate surface area is 179 Å². The Balaban J connectivity index is 2.07. The molecule has 6 N–H and O–H groups in total. The van der Waals surface area contributed by atoms with Crippen LogP contribution in [0.5, 0.6) is 0 Å². The molecule has 11 heteroatoms. The molecule has 0 aliphatic carbocycles. The van der Waals surface area contributed by atoms with Crippen LogP contribution in [0.3, 0.4) is 0 Å². The van der Waals surface area contributed by atoms with Gasteiger partial charge in [-0.1, -0.05) is 19.1 Å². The maximum absolute atomic E-state index is 12.7. The van der Waals surface area contributed by atoms with E-state index >= 15 is 0 Å². The lowest BCUT2D eigenvalue weighted by atomic mass is 9.95. The van der Waals surface area contributed by atoms with Gasteiger partial charge in [-0.25, -0.2) is 0 Å². The lowest BCUT2D eigenvalue weighted by Gasteiger charge is -2.41. The third kappa shape index (κ3) is 6.01. The second-order valence-corrected chi connectivity index (χ2v) is 7.29. The maximum Gasteiger partial charge on any atom is 0.323 e. The standard InChI is InChI=1S/C20H27N5O6/c1-12(18(22)29)17-20(31)24(11-16(27)28)8-9-25(17)15(26)10-23-19(30)14-4-2-13(3-5-14)6-7-21/h2-5,12,17H,6-11,21H2,1H3,(H2,22,29)(H,23,30)(H,27,28)/t12?,17-/m0/s1. The van der Waals surface area contributed by atoms with E-state index in [-0.39, 0.29) is 13.1 Å². The zero-order chi connectivity index (χ0) is 23.1. The monoisotopic (exact) mass is 433 g/mol. The number of primary amides is 1. The zero-order valence-corrected chi connectivity index (χ0v) is 17.2. The summed E-state index contributed by atoms with van der Waals surface area (Å²) in [6.45, 7) is 0.969. The van der Waals surface area contributed by atoms with Crippen molar-refractivity contribution in [2.75, 3.05) is 32.7 Å². The second kappa shape index (κ2) is 10.5. The SMILES string of the molecule is CC(C(N)=O)[C@H]1C(=O)N(CC(=O)O)CCN1C(=O)CNC(=O)c1ccc(CCN)cc1. The number of benzene rings is 1. The summed E-state index contributed by atoms with van der Waals surface area (Å²) in [5, 5.41) is 11.5. The summed E-state index contributed by atoms with van der Waals surface area (Å²) in [6.07, 6.45) is 0.682. The molecule has 31 heavy (non-hydrogen) atoms. The molecule has 1 unspecified atom stereocenters. The third-order valence-electron chi connectivity index (χ3n) is 5.13. The van der Waals surface area contributed by atoms with Crippen molar-refractivity contribution >= 4 is 29.6 Å². The van der Waals surface area contributed by atoms with Gasteiger partial charge in [0.05, 0.1) is 12.5 Å². The number of piperazine rings is 1. The number of hydrogen-bond donors (Lipinski definition) is 4. The fourth-order valence-electron chi connectivity index (χ4n) is 3.39. The number of carboxylic acid groups (broad SMARTS) is 1. The molecule has 0 radical (unpaired) electrons. The van der Waals surface area contributed by atoms with Crippen LogP contribution in [0.25, 0.3) is 0 Å². The molecule has 0 aromatic heterocycles. The van der Waals surface area contributed by atoms with E-state index in [0.717, 1.165) is 10.5 Å². The van der Waals surface area contributed by atoms with Crippen LogP contribution < -0.4 is 16.8 Å². The van der Waals surface area contributed by atoms with Crippen LogP contribution in [-0.2, 0) is 25.6 Å². The molecular weight excluding hydrogens is 406 g/mol. The van der Waals surface area contributed by atoms with Crippen LogP contribution in [0.2, 0.25) is 0 Å². The Morgan fingerprint density at radius 1 is 1.19 bits per heavy atom. The van der Waals surface area contributed by atoms with Crippen LogP contribution in [-0.4, -0.2) is 83.3 Å². The van der Waals surface area contributed by atoms with Gasteiger partial charge in [-0.2, -0.15) is 0 Å². The molecule has 0 spiro atoms. The Morgan fingerprint density at radius 3 is 2.39 bits per heavy atom. The van der Waals surface area contributed by atoms with Crippen LogP contribution in [0.1, 0.15) is 22.8 Å². The predicted octanol–water partition coefficient (Wildman–Crippen LogP) is -1.84. The number of carbonyl (C=O) groups excluding carboxylic acids is 4. The molecule has 1 fully saturated rings. The molecule has 1 saturated heterocycles. The summed E-state index contributed by atoms with van der Waals surface area (Å²) in [4.78, 5) is 62.7. The predicted molar refractivity (Wildman–Crippen MR) is 110 cm³/mol. The first-order valence-corrected chi connectivity index (χ1v) is 9.82. The highest BCUT2D eigenvalue weighted by Crippen LogP contribution is 2.19. The Kier molecular flexibility index (Phi) is 8.08. The zero-order valence-electron chi connectivity index (χ0n) is 17.2. The fraction of sp³-hybridized carbons (Fsp3) is 0.450. The minimum atomic E-state index is -1.23. The third-order valence-corrected chi connectivity index (χ3v) is 5.13. The molecular formula is C20H27N5O6. The molecule has 168 valence electrons. The van der Waals surface area contributed by atoms with Crippen molar-refractivity contribution in [3.8, 4) is 0 Å². The lowest BCUT2D eigenvalue weighted by molar-refractivity contribution is -0.158. The number of rotatable bonds is 9. The molecule has 1 aliphatic heterocycles. The lowest BCUT2D eigenvalue weighted by Crippen LogP contribution is -2.64.